The first-order valence-corrected chi connectivity index (χ1v) is 14.0. The number of hydrogen-bond acceptors (Lipinski definition) is 8. The third-order valence-corrected chi connectivity index (χ3v) is 7.41. The number of halogens is 1. The molecule has 1 unspecified atom stereocenters. The number of urea groups is 1. The Morgan fingerprint density at radius 1 is 1.19 bits per heavy atom. The zero-order valence-corrected chi connectivity index (χ0v) is 24.0. The van der Waals surface area contributed by atoms with Crippen LogP contribution < -0.4 is 15.4 Å². The average molecular weight is 581 g/mol. The molecule has 0 bridgehead atoms. The molecule has 3 N–H and O–H groups in total. The van der Waals surface area contributed by atoms with Gasteiger partial charge in [0.2, 0.25) is 5.91 Å². The van der Waals surface area contributed by atoms with Gasteiger partial charge in [-0.3, -0.25) is 9.89 Å². The minimum absolute atomic E-state index is 0.0570. The molecule has 1 aromatic carbocycles. The normalized spacial score (nSPS) is 18.5. The number of amides is 4. The number of aromatic amines is 1. The second-order valence-electron chi connectivity index (χ2n) is 10.9. The fourth-order valence-electron chi connectivity index (χ4n) is 5.36. The van der Waals surface area contributed by atoms with Crippen LogP contribution in [0.15, 0.2) is 30.5 Å². The van der Waals surface area contributed by atoms with E-state index < -0.39 is 29.6 Å². The number of aromatic nitrogens is 3. The summed E-state index contributed by atoms with van der Waals surface area (Å²) in [6.07, 6.45) is 6.17. The number of hydrogen-bond donors (Lipinski definition) is 3. The van der Waals surface area contributed by atoms with E-state index in [1.54, 1.807) is 13.2 Å². The summed E-state index contributed by atoms with van der Waals surface area (Å²) in [5.41, 5.74) is 0.600. The molecule has 3 aromatic rings. The molecule has 2 atom stereocenters. The summed E-state index contributed by atoms with van der Waals surface area (Å²) in [5, 5.41) is 13.5. The highest BCUT2D eigenvalue weighted by atomic mass is 19.1. The Bertz CT molecular complexity index is 1530. The second kappa shape index (κ2) is 12.2. The first kappa shape index (κ1) is 29.1. The minimum atomic E-state index is -1.22. The smallest absolute Gasteiger partial charge is 0.453 e. The predicted molar refractivity (Wildman–Crippen MR) is 153 cm³/mol. The van der Waals surface area contributed by atoms with E-state index in [9.17, 15) is 14.4 Å². The number of nitrogens with zero attached hydrogens (tertiary/aromatic N) is 4. The summed E-state index contributed by atoms with van der Waals surface area (Å²) < 4.78 is 27.7. The van der Waals surface area contributed by atoms with Gasteiger partial charge >= 0.3 is 11.9 Å². The quantitative estimate of drug-likeness (QED) is 0.238. The van der Waals surface area contributed by atoms with Gasteiger partial charge in [0.25, 0.3) is 0 Å². The zero-order chi connectivity index (χ0) is 30.0. The SMILES string of the molecule is COC[C@H](C)Nc1n[nH]c2nccc(Oc3ccc(NC(=O)C4C=[N+](C(C)C)C(=O)N(C5CCCC5)C4=O)cc3F)c12. The van der Waals surface area contributed by atoms with Gasteiger partial charge in [-0.1, -0.05) is 0 Å². The third kappa shape index (κ3) is 5.82. The number of benzene rings is 1. The molecule has 1 saturated carbocycles. The number of nitrogens with one attached hydrogen (secondary N) is 3. The lowest BCUT2D eigenvalue weighted by Crippen LogP contribution is -2.58. The summed E-state index contributed by atoms with van der Waals surface area (Å²) in [6.45, 7) is 6.01. The Hall–Kier alpha value is -4.39. The van der Waals surface area contributed by atoms with E-state index in [0.29, 0.717) is 29.2 Å². The van der Waals surface area contributed by atoms with Crippen molar-refractivity contribution in [2.24, 2.45) is 5.92 Å². The first-order valence-electron chi connectivity index (χ1n) is 14.0. The Labute approximate surface area is 242 Å². The summed E-state index contributed by atoms with van der Waals surface area (Å²) >= 11 is 0. The van der Waals surface area contributed by atoms with Crippen molar-refractivity contribution < 1.29 is 32.8 Å². The van der Waals surface area contributed by atoms with Crippen molar-refractivity contribution in [2.45, 2.75) is 64.6 Å². The van der Waals surface area contributed by atoms with E-state index in [1.807, 2.05) is 20.8 Å². The van der Waals surface area contributed by atoms with Gasteiger partial charge < -0.3 is 20.1 Å². The second-order valence-corrected chi connectivity index (χ2v) is 10.9. The van der Waals surface area contributed by atoms with Gasteiger partial charge in [-0.2, -0.15) is 19.4 Å². The van der Waals surface area contributed by atoms with Crippen LogP contribution in [0.4, 0.5) is 20.7 Å². The highest BCUT2D eigenvalue weighted by Gasteiger charge is 2.50. The van der Waals surface area contributed by atoms with E-state index in [4.69, 9.17) is 9.47 Å². The molecule has 1 aliphatic heterocycles. The van der Waals surface area contributed by atoms with Crippen LogP contribution in [-0.4, -0.2) is 80.6 Å². The third-order valence-electron chi connectivity index (χ3n) is 7.41. The molecule has 2 aromatic heterocycles. The summed E-state index contributed by atoms with van der Waals surface area (Å²) in [4.78, 5) is 45.2. The number of carbonyl (C=O) groups excluding carboxylic acids is 3. The number of methoxy groups -OCH3 is 1. The monoisotopic (exact) mass is 580 g/mol. The van der Waals surface area contributed by atoms with Gasteiger partial charge in [-0.25, -0.2) is 14.2 Å². The number of carbonyl (C=O) groups is 3. The van der Waals surface area contributed by atoms with Crippen LogP contribution in [-0.2, 0) is 14.3 Å². The molecule has 3 heterocycles. The van der Waals surface area contributed by atoms with Crippen molar-refractivity contribution >= 4 is 46.6 Å². The maximum absolute atomic E-state index is 15.2. The molecule has 1 aliphatic carbocycles. The van der Waals surface area contributed by atoms with E-state index in [1.165, 1.54) is 34.0 Å². The average Bonchev–Trinajstić information content (AvgIpc) is 3.61. The lowest BCUT2D eigenvalue weighted by atomic mass is 10.0. The van der Waals surface area contributed by atoms with Gasteiger partial charge in [-0.05, 0) is 58.6 Å². The van der Waals surface area contributed by atoms with Crippen molar-refractivity contribution in [2.75, 3.05) is 24.4 Å². The summed E-state index contributed by atoms with van der Waals surface area (Å²) in [7, 11) is 1.60. The number of rotatable bonds is 10. The Morgan fingerprint density at radius 2 is 1.95 bits per heavy atom. The van der Waals surface area contributed by atoms with E-state index in [0.717, 1.165) is 31.7 Å². The minimum Gasteiger partial charge on any atom is -0.453 e. The molecule has 0 radical (unpaired) electrons. The van der Waals surface area contributed by atoms with Gasteiger partial charge in [0.15, 0.2) is 28.9 Å². The maximum atomic E-state index is 15.2. The highest BCUT2D eigenvalue weighted by Crippen LogP contribution is 2.35. The number of pyridine rings is 1. The van der Waals surface area contributed by atoms with Crippen molar-refractivity contribution in [3.63, 3.8) is 0 Å². The fourth-order valence-corrected chi connectivity index (χ4v) is 5.36. The van der Waals surface area contributed by atoms with Crippen molar-refractivity contribution in [1.82, 2.24) is 20.1 Å². The molecule has 12 nitrogen and oxygen atoms in total. The molecule has 42 heavy (non-hydrogen) atoms. The molecule has 13 heteroatoms. The lowest BCUT2D eigenvalue weighted by Gasteiger charge is -2.28. The highest BCUT2D eigenvalue weighted by molar-refractivity contribution is 6.20. The standard InChI is InChI=1S/C29H34FN7O5/c1-16(2)36-14-20(28(39)37(29(36)40)19-7-5-6-8-19)27(38)33-18-9-10-22(21(30)13-18)42-23-11-12-31-25-24(23)26(35-34-25)32-17(3)15-41-4/h9-14,16-17,19-20H,5-8,15H2,1-4H3,(H2-,31,32,33,34,35,38)/p+1/t17-,20?/m0/s1. The Kier molecular flexibility index (Phi) is 8.48. The lowest BCUT2D eigenvalue weighted by molar-refractivity contribution is -0.469. The molecule has 5 rings (SSSR count). The maximum Gasteiger partial charge on any atom is 0.500 e. The fraction of sp³-hybridized carbons (Fsp3) is 0.448. The molecule has 222 valence electrons. The predicted octanol–water partition coefficient (Wildman–Crippen LogP) is 4.29. The Balaban J connectivity index is 1.35. The number of ether oxygens (including phenoxy) is 2. The van der Waals surface area contributed by atoms with Crippen LogP contribution in [0, 0.1) is 11.7 Å². The van der Waals surface area contributed by atoms with Gasteiger partial charge in [0.1, 0.15) is 17.2 Å². The van der Waals surface area contributed by atoms with Crippen molar-refractivity contribution in [3.05, 3.63) is 36.3 Å². The van der Waals surface area contributed by atoms with Crippen LogP contribution in [0.3, 0.4) is 0 Å². The number of imide groups is 1. The molecule has 4 amide bonds. The number of H-pyrrole nitrogens is 1. The van der Waals surface area contributed by atoms with Crippen LogP contribution in [0.1, 0.15) is 46.5 Å². The van der Waals surface area contributed by atoms with Crippen LogP contribution >= 0.6 is 0 Å². The van der Waals surface area contributed by atoms with E-state index in [2.05, 4.69) is 25.8 Å². The van der Waals surface area contributed by atoms with Crippen LogP contribution in [0.25, 0.3) is 11.0 Å². The van der Waals surface area contributed by atoms with E-state index in [-0.39, 0.29) is 29.6 Å². The van der Waals surface area contributed by atoms with Crippen LogP contribution in [0.5, 0.6) is 11.5 Å². The topological polar surface area (TPSA) is 142 Å². The van der Waals surface area contributed by atoms with Gasteiger partial charge in [0.05, 0.1) is 18.9 Å². The zero-order valence-electron chi connectivity index (χ0n) is 24.0. The molecular formula is C29H35FN7O5+. The molecule has 0 saturated heterocycles. The molecular weight excluding hydrogens is 545 g/mol. The molecule has 1 fully saturated rings. The van der Waals surface area contributed by atoms with Crippen molar-refractivity contribution in [3.8, 4) is 11.5 Å². The molecule has 2 aliphatic rings. The van der Waals surface area contributed by atoms with Gasteiger partial charge in [0, 0.05) is 37.2 Å². The first-order chi connectivity index (χ1) is 20.2. The number of anilines is 2. The number of fused-ring (bicyclic) bond motifs is 1. The van der Waals surface area contributed by atoms with Crippen molar-refractivity contribution in [1.29, 1.82) is 0 Å². The van der Waals surface area contributed by atoms with E-state index >= 15 is 4.39 Å². The van der Waals surface area contributed by atoms with Crippen LogP contribution in [0.2, 0.25) is 0 Å². The largest absolute Gasteiger partial charge is 0.500 e. The summed E-state index contributed by atoms with van der Waals surface area (Å²) in [5.74, 6) is -2.43. The summed E-state index contributed by atoms with van der Waals surface area (Å²) in [6, 6.07) is 4.66. The van der Waals surface area contributed by atoms with Gasteiger partial charge in [-0.15, -0.1) is 0 Å². The Morgan fingerprint density at radius 3 is 2.64 bits per heavy atom. The molecule has 0 spiro atoms.